The largest absolute Gasteiger partial charge is 0.548 e. The van der Waals surface area contributed by atoms with Gasteiger partial charge in [0.25, 0.3) is 0 Å². The molecule has 2 saturated heterocycles. The Kier molecular flexibility index (Phi) is 4.01. The van der Waals surface area contributed by atoms with Gasteiger partial charge in [-0.2, -0.15) is 0 Å². The van der Waals surface area contributed by atoms with E-state index in [0.29, 0.717) is 5.75 Å². The molecular weight excluding hydrogens is 272 g/mol. The molecule has 1 aromatic rings. The number of carbonyl (C=O) groups is 1. The van der Waals surface area contributed by atoms with Gasteiger partial charge in [0, 0.05) is 25.4 Å². The molecule has 1 N–H and O–H groups in total. The van der Waals surface area contributed by atoms with E-state index in [-0.39, 0.29) is 4.87 Å². The van der Waals surface area contributed by atoms with E-state index in [0.717, 1.165) is 32.5 Å². The summed E-state index contributed by atoms with van der Waals surface area (Å²) in [6.45, 7) is 2.99. The van der Waals surface area contributed by atoms with Gasteiger partial charge in [-0.3, -0.25) is 10.2 Å². The van der Waals surface area contributed by atoms with Crippen LogP contribution in [0.2, 0.25) is 0 Å². The van der Waals surface area contributed by atoms with Crippen LogP contribution in [0.4, 0.5) is 0 Å². The molecule has 0 bridgehead atoms. The molecule has 5 heteroatoms. The van der Waals surface area contributed by atoms with E-state index in [9.17, 15) is 9.90 Å². The number of aliphatic carboxylic acids is 1. The zero-order chi connectivity index (χ0) is 14.0. The van der Waals surface area contributed by atoms with Crippen LogP contribution in [0.15, 0.2) is 30.3 Å². The van der Waals surface area contributed by atoms with Crippen molar-refractivity contribution in [1.82, 2.24) is 10.2 Å². The summed E-state index contributed by atoms with van der Waals surface area (Å²) < 4.78 is 0. The summed E-state index contributed by atoms with van der Waals surface area (Å²) in [5, 5.41) is 14.2. The predicted molar refractivity (Wildman–Crippen MR) is 78.1 cm³/mol. The molecular formula is C15H19N2O2S-. The van der Waals surface area contributed by atoms with Crippen molar-refractivity contribution in [1.29, 1.82) is 0 Å². The number of carboxylic acid groups (broad SMARTS) is 1. The molecule has 1 atom stereocenters. The molecule has 2 fully saturated rings. The summed E-state index contributed by atoms with van der Waals surface area (Å²) in [7, 11) is 0. The maximum Gasteiger partial charge on any atom is 0.0675 e. The summed E-state index contributed by atoms with van der Waals surface area (Å²) >= 11 is 1.75. The van der Waals surface area contributed by atoms with Crippen molar-refractivity contribution in [3.8, 4) is 0 Å². The fourth-order valence-corrected chi connectivity index (χ4v) is 4.38. The number of carbonyl (C=O) groups excluding carboxylic acids is 1. The summed E-state index contributed by atoms with van der Waals surface area (Å²) in [5.74, 6) is -0.345. The minimum absolute atomic E-state index is 0.0437. The Balaban J connectivity index is 1.54. The van der Waals surface area contributed by atoms with Crippen LogP contribution in [0.1, 0.15) is 18.4 Å². The van der Waals surface area contributed by atoms with Gasteiger partial charge in [-0.1, -0.05) is 30.3 Å². The van der Waals surface area contributed by atoms with Crippen molar-refractivity contribution < 1.29 is 9.90 Å². The maximum atomic E-state index is 10.9. The smallest absolute Gasteiger partial charge is 0.0675 e. The highest BCUT2D eigenvalue weighted by atomic mass is 32.2. The second kappa shape index (κ2) is 5.76. The Morgan fingerprint density at radius 3 is 2.65 bits per heavy atom. The molecule has 3 rings (SSSR count). The van der Waals surface area contributed by atoms with E-state index in [1.807, 2.05) is 6.07 Å². The number of hydrogen-bond donors (Lipinski definition) is 1. The number of nitrogens with zero attached hydrogens (tertiary/aromatic N) is 1. The summed E-state index contributed by atoms with van der Waals surface area (Å²) in [6, 6.07) is 9.99. The topological polar surface area (TPSA) is 55.4 Å². The van der Waals surface area contributed by atoms with Gasteiger partial charge >= 0.3 is 0 Å². The SMILES string of the molecule is O=C([O-])C1CSC2(CCN(Cc3ccccc3)CC2)N1. The van der Waals surface area contributed by atoms with Crippen LogP contribution in [-0.4, -0.2) is 40.6 Å². The van der Waals surface area contributed by atoms with Crippen LogP contribution in [0.25, 0.3) is 0 Å². The van der Waals surface area contributed by atoms with Gasteiger partial charge < -0.3 is 9.90 Å². The molecule has 0 aromatic heterocycles. The molecule has 0 aliphatic carbocycles. The molecule has 1 unspecified atom stereocenters. The first kappa shape index (κ1) is 13.9. The van der Waals surface area contributed by atoms with Crippen LogP contribution in [-0.2, 0) is 11.3 Å². The monoisotopic (exact) mass is 291 g/mol. The molecule has 20 heavy (non-hydrogen) atoms. The van der Waals surface area contributed by atoms with Crippen molar-refractivity contribution in [3.05, 3.63) is 35.9 Å². The van der Waals surface area contributed by atoms with Crippen molar-refractivity contribution in [2.45, 2.75) is 30.3 Å². The van der Waals surface area contributed by atoms with E-state index < -0.39 is 12.0 Å². The lowest BCUT2D eigenvalue weighted by Gasteiger charge is -2.39. The molecule has 0 amide bonds. The molecule has 4 nitrogen and oxygen atoms in total. The normalized spacial score (nSPS) is 25.9. The highest BCUT2D eigenvalue weighted by Gasteiger charge is 2.41. The van der Waals surface area contributed by atoms with Gasteiger partial charge in [0.05, 0.1) is 16.9 Å². The van der Waals surface area contributed by atoms with E-state index >= 15 is 0 Å². The number of nitrogens with one attached hydrogen (secondary N) is 1. The fourth-order valence-electron chi connectivity index (χ4n) is 2.97. The van der Waals surface area contributed by atoms with Crippen LogP contribution in [0.5, 0.6) is 0 Å². The zero-order valence-corrected chi connectivity index (χ0v) is 12.2. The molecule has 1 spiro atoms. The van der Waals surface area contributed by atoms with Gasteiger partial charge in [-0.15, -0.1) is 11.8 Å². The summed E-state index contributed by atoms with van der Waals surface area (Å²) in [6.07, 6.45) is 1.99. The fraction of sp³-hybridized carbons (Fsp3) is 0.533. The number of thioether (sulfide) groups is 1. The number of piperidine rings is 1. The van der Waals surface area contributed by atoms with Crippen LogP contribution >= 0.6 is 11.8 Å². The average molecular weight is 291 g/mol. The number of hydrogen-bond acceptors (Lipinski definition) is 5. The highest BCUT2D eigenvalue weighted by Crippen LogP contribution is 2.39. The maximum absolute atomic E-state index is 10.9. The number of rotatable bonds is 3. The minimum atomic E-state index is -0.971. The highest BCUT2D eigenvalue weighted by molar-refractivity contribution is 8.01. The Hall–Kier alpha value is -1.04. The zero-order valence-electron chi connectivity index (χ0n) is 11.4. The van der Waals surface area contributed by atoms with Gasteiger partial charge in [0.1, 0.15) is 0 Å². The van der Waals surface area contributed by atoms with E-state index in [1.54, 1.807) is 11.8 Å². The first-order valence-electron chi connectivity index (χ1n) is 7.06. The van der Waals surface area contributed by atoms with Crippen molar-refractivity contribution in [2.24, 2.45) is 0 Å². The van der Waals surface area contributed by atoms with Gasteiger partial charge in [-0.05, 0) is 18.4 Å². The second-order valence-corrected chi connectivity index (χ2v) is 6.99. The third kappa shape index (κ3) is 3.00. The van der Waals surface area contributed by atoms with Gasteiger partial charge in [-0.25, -0.2) is 0 Å². The lowest BCUT2D eigenvalue weighted by Crippen LogP contribution is -2.54. The molecule has 2 aliphatic rings. The molecule has 2 aliphatic heterocycles. The van der Waals surface area contributed by atoms with E-state index in [2.05, 4.69) is 34.5 Å². The van der Waals surface area contributed by atoms with Crippen LogP contribution < -0.4 is 10.4 Å². The van der Waals surface area contributed by atoms with Crippen molar-refractivity contribution in [3.63, 3.8) is 0 Å². The van der Waals surface area contributed by atoms with Crippen LogP contribution in [0.3, 0.4) is 0 Å². The Bertz CT molecular complexity index is 472. The summed E-state index contributed by atoms with van der Waals surface area (Å²) in [5.41, 5.74) is 1.34. The first-order chi connectivity index (χ1) is 9.67. The lowest BCUT2D eigenvalue weighted by atomic mass is 10.0. The first-order valence-corrected chi connectivity index (χ1v) is 8.04. The Labute approximate surface area is 123 Å². The predicted octanol–water partition coefficient (Wildman–Crippen LogP) is 0.434. The second-order valence-electron chi connectivity index (χ2n) is 5.58. The Morgan fingerprint density at radius 2 is 2.05 bits per heavy atom. The number of benzene rings is 1. The lowest BCUT2D eigenvalue weighted by molar-refractivity contribution is -0.307. The third-order valence-corrected chi connectivity index (χ3v) is 5.74. The number of carboxylic acids is 1. The van der Waals surface area contributed by atoms with Gasteiger partial charge in [0.2, 0.25) is 0 Å². The molecule has 2 heterocycles. The molecule has 0 radical (unpaired) electrons. The van der Waals surface area contributed by atoms with E-state index in [1.165, 1.54) is 5.56 Å². The van der Waals surface area contributed by atoms with E-state index in [4.69, 9.17) is 0 Å². The summed E-state index contributed by atoms with van der Waals surface area (Å²) in [4.78, 5) is 13.3. The standard InChI is InChI=1S/C15H20N2O2S/c18-14(19)13-11-20-15(16-13)6-8-17(9-7-15)10-12-4-2-1-3-5-12/h1-5,13,16H,6-11H2,(H,18,19)/p-1. The average Bonchev–Trinajstić information content (AvgIpc) is 2.87. The van der Waals surface area contributed by atoms with Crippen molar-refractivity contribution >= 4 is 17.7 Å². The Morgan fingerprint density at radius 1 is 1.35 bits per heavy atom. The number of likely N-dealkylation sites (tertiary alicyclic amines) is 1. The van der Waals surface area contributed by atoms with Crippen molar-refractivity contribution in [2.75, 3.05) is 18.8 Å². The van der Waals surface area contributed by atoms with Gasteiger partial charge in [0.15, 0.2) is 0 Å². The quantitative estimate of drug-likeness (QED) is 0.875. The minimum Gasteiger partial charge on any atom is -0.548 e. The van der Waals surface area contributed by atoms with Crippen LogP contribution in [0, 0.1) is 0 Å². The third-order valence-electron chi connectivity index (χ3n) is 4.16. The molecule has 0 saturated carbocycles. The molecule has 1 aromatic carbocycles. The molecule has 108 valence electrons.